The van der Waals surface area contributed by atoms with Gasteiger partial charge in [-0.15, -0.1) is 0 Å². The molecule has 3 aliphatic rings. The highest BCUT2D eigenvalue weighted by molar-refractivity contribution is 6.31. The number of ether oxygens (including phenoxy) is 1. The van der Waals surface area contributed by atoms with Crippen molar-refractivity contribution in [2.45, 2.75) is 31.2 Å². The molecule has 0 radical (unpaired) electrons. The molecule has 3 heterocycles. The maximum absolute atomic E-state index is 13.1. The number of nitrogens with zero attached hydrogens (tertiary/aromatic N) is 1. The van der Waals surface area contributed by atoms with E-state index in [1.807, 2.05) is 0 Å². The van der Waals surface area contributed by atoms with E-state index in [0.29, 0.717) is 0 Å². The average molecular weight is 372 g/mol. The minimum atomic E-state index is -4.68. The first-order valence-electron chi connectivity index (χ1n) is 7.63. The summed E-state index contributed by atoms with van der Waals surface area (Å²) < 4.78 is 45.1. The van der Waals surface area contributed by atoms with Gasteiger partial charge in [-0.05, 0) is 32.0 Å². The summed E-state index contributed by atoms with van der Waals surface area (Å²) in [6.45, 7) is 3.41. The fourth-order valence-corrected chi connectivity index (χ4v) is 4.38. The van der Waals surface area contributed by atoms with E-state index < -0.39 is 51.6 Å². The van der Waals surface area contributed by atoms with E-state index in [1.165, 1.54) is 6.07 Å². The third kappa shape index (κ3) is 2.05. The molecule has 132 valence electrons. The Hall–Kier alpha value is -1.86. The van der Waals surface area contributed by atoms with Gasteiger partial charge in [0.15, 0.2) is 0 Å². The number of hydrogen-bond donors (Lipinski definition) is 0. The van der Waals surface area contributed by atoms with Crippen LogP contribution in [0.2, 0.25) is 5.02 Å². The smallest absolute Gasteiger partial charge is 0.359 e. The van der Waals surface area contributed by atoms with Crippen molar-refractivity contribution in [3.63, 3.8) is 0 Å². The number of hydrogen-bond acceptors (Lipinski definition) is 3. The molecule has 2 fully saturated rings. The number of carbonyl (C=O) groups is 2. The highest BCUT2D eigenvalue weighted by atomic mass is 35.5. The number of benzene rings is 1. The molecule has 0 aromatic heterocycles. The lowest BCUT2D eigenvalue weighted by atomic mass is 9.73. The first-order valence-corrected chi connectivity index (χ1v) is 8.01. The molecule has 0 aliphatic carbocycles. The summed E-state index contributed by atoms with van der Waals surface area (Å²) in [5.74, 6) is -2.61. The molecular weight excluding hydrogens is 359 g/mol. The molecule has 25 heavy (non-hydrogen) atoms. The van der Waals surface area contributed by atoms with Crippen LogP contribution in [0.5, 0.6) is 0 Å². The van der Waals surface area contributed by atoms with Crippen molar-refractivity contribution in [1.82, 2.24) is 0 Å². The minimum Gasteiger partial charge on any atom is -0.359 e. The zero-order valence-corrected chi connectivity index (χ0v) is 14.0. The second kappa shape index (κ2) is 4.65. The van der Waals surface area contributed by atoms with Gasteiger partial charge in [0.1, 0.15) is 0 Å². The normalized spacial score (nSPS) is 36.5. The van der Waals surface area contributed by atoms with Gasteiger partial charge in [-0.2, -0.15) is 13.2 Å². The molecule has 0 saturated carbocycles. The summed E-state index contributed by atoms with van der Waals surface area (Å²) in [7, 11) is 0. The van der Waals surface area contributed by atoms with Crippen LogP contribution in [0.4, 0.5) is 18.9 Å². The number of halogens is 4. The number of anilines is 1. The van der Waals surface area contributed by atoms with E-state index in [1.54, 1.807) is 26.0 Å². The van der Waals surface area contributed by atoms with Crippen molar-refractivity contribution in [2.24, 2.45) is 11.8 Å². The van der Waals surface area contributed by atoms with Crippen molar-refractivity contribution in [1.29, 1.82) is 0 Å². The Labute approximate surface area is 146 Å². The van der Waals surface area contributed by atoms with Gasteiger partial charge in [0.2, 0.25) is 11.8 Å². The van der Waals surface area contributed by atoms with Crippen molar-refractivity contribution in [2.75, 3.05) is 4.90 Å². The lowest BCUT2D eigenvalue weighted by Gasteiger charge is -2.25. The Morgan fingerprint density at radius 2 is 1.60 bits per heavy atom. The number of alkyl halides is 3. The highest BCUT2D eigenvalue weighted by Gasteiger charge is 2.70. The van der Waals surface area contributed by atoms with E-state index in [9.17, 15) is 22.8 Å². The topological polar surface area (TPSA) is 46.6 Å². The summed E-state index contributed by atoms with van der Waals surface area (Å²) >= 11 is 5.62. The van der Waals surface area contributed by atoms with Crippen LogP contribution in [-0.4, -0.2) is 23.0 Å². The molecule has 1 aromatic rings. The maximum atomic E-state index is 13.1. The van der Waals surface area contributed by atoms with Crippen molar-refractivity contribution < 1.29 is 27.5 Å². The minimum absolute atomic E-state index is 0.132. The van der Waals surface area contributed by atoms with Crippen molar-refractivity contribution >= 4 is 29.1 Å². The molecule has 2 bridgehead atoms. The van der Waals surface area contributed by atoms with Gasteiger partial charge in [0, 0.05) is 0 Å². The molecule has 2 amide bonds. The molecule has 4 atom stereocenters. The summed E-state index contributed by atoms with van der Waals surface area (Å²) in [5.41, 5.74) is -3.08. The first-order chi connectivity index (χ1) is 11.5. The van der Waals surface area contributed by atoms with Crippen LogP contribution in [0.25, 0.3) is 0 Å². The Morgan fingerprint density at radius 3 is 2.08 bits per heavy atom. The van der Waals surface area contributed by atoms with Crippen LogP contribution in [0, 0.1) is 11.8 Å². The molecular formula is C17H13ClF3NO3. The van der Waals surface area contributed by atoms with E-state index in [0.717, 1.165) is 17.0 Å². The fourth-order valence-electron chi connectivity index (χ4n) is 4.16. The monoisotopic (exact) mass is 371 g/mol. The van der Waals surface area contributed by atoms with Gasteiger partial charge in [-0.3, -0.25) is 9.59 Å². The third-order valence-corrected chi connectivity index (χ3v) is 5.57. The number of imide groups is 1. The maximum Gasteiger partial charge on any atom is 0.417 e. The Balaban J connectivity index is 1.80. The largest absolute Gasteiger partial charge is 0.417 e. The van der Waals surface area contributed by atoms with Crippen LogP contribution >= 0.6 is 11.6 Å². The fraction of sp³-hybridized carbons (Fsp3) is 0.412. The van der Waals surface area contributed by atoms with Gasteiger partial charge >= 0.3 is 6.18 Å². The van der Waals surface area contributed by atoms with Gasteiger partial charge in [0.25, 0.3) is 0 Å². The average Bonchev–Trinajstić information content (AvgIpc) is 3.04. The van der Waals surface area contributed by atoms with Gasteiger partial charge in [-0.1, -0.05) is 23.8 Å². The van der Waals surface area contributed by atoms with Crippen LogP contribution < -0.4 is 4.90 Å². The SMILES string of the molecule is CC12C=CC(C)(O1)C1C(=O)N(c3ccc(Cl)c(C(F)(F)F)c3)C(=O)C12. The standard InChI is InChI=1S/C17H13ClF3NO3/c1-15-5-6-16(2,25-15)12-11(15)13(23)22(14(12)24)8-3-4-10(18)9(7-8)17(19,20)21/h3-7,11-12H,1-2H3. The van der Waals surface area contributed by atoms with Crippen LogP contribution in [0.1, 0.15) is 19.4 Å². The summed E-state index contributed by atoms with van der Waals surface area (Å²) in [6.07, 6.45) is -1.20. The molecule has 8 heteroatoms. The van der Waals surface area contributed by atoms with Crippen LogP contribution in [-0.2, 0) is 20.5 Å². The third-order valence-electron chi connectivity index (χ3n) is 5.24. The van der Waals surface area contributed by atoms with Crippen LogP contribution in [0.3, 0.4) is 0 Å². The van der Waals surface area contributed by atoms with Crippen LogP contribution in [0.15, 0.2) is 30.4 Å². The predicted octanol–water partition coefficient (Wildman–Crippen LogP) is 3.58. The Kier molecular flexibility index (Phi) is 3.09. The Bertz CT molecular complexity index is 816. The number of amides is 2. The van der Waals surface area contributed by atoms with E-state index >= 15 is 0 Å². The van der Waals surface area contributed by atoms with E-state index in [2.05, 4.69) is 0 Å². The van der Waals surface area contributed by atoms with Crippen molar-refractivity contribution in [3.8, 4) is 0 Å². The molecule has 1 aromatic carbocycles. The Morgan fingerprint density at radius 1 is 1.08 bits per heavy atom. The molecule has 4 rings (SSSR count). The first kappa shape index (κ1) is 16.6. The number of fused-ring (bicyclic) bond motifs is 5. The lowest BCUT2D eigenvalue weighted by Crippen LogP contribution is -2.39. The molecule has 0 spiro atoms. The van der Waals surface area contributed by atoms with Crippen molar-refractivity contribution in [3.05, 3.63) is 40.9 Å². The predicted molar refractivity (Wildman–Crippen MR) is 83.0 cm³/mol. The highest BCUT2D eigenvalue weighted by Crippen LogP contribution is 2.57. The molecule has 2 saturated heterocycles. The zero-order chi connectivity index (χ0) is 18.4. The number of rotatable bonds is 1. The zero-order valence-electron chi connectivity index (χ0n) is 13.2. The molecule has 3 aliphatic heterocycles. The number of carbonyl (C=O) groups excluding carboxylic acids is 2. The summed E-state index contributed by atoms with van der Waals surface area (Å²) in [5, 5.41) is -0.487. The molecule has 4 nitrogen and oxygen atoms in total. The summed E-state index contributed by atoms with van der Waals surface area (Å²) in [4.78, 5) is 26.5. The summed E-state index contributed by atoms with van der Waals surface area (Å²) in [6, 6.07) is 3.02. The van der Waals surface area contributed by atoms with Gasteiger partial charge in [-0.25, -0.2) is 4.90 Å². The lowest BCUT2D eigenvalue weighted by molar-refractivity contribution is -0.137. The van der Waals surface area contributed by atoms with E-state index in [-0.39, 0.29) is 5.69 Å². The second-order valence-corrected chi connectivity index (χ2v) is 7.34. The molecule has 0 N–H and O–H groups in total. The quantitative estimate of drug-likeness (QED) is 0.560. The van der Waals surface area contributed by atoms with Gasteiger partial charge < -0.3 is 4.74 Å². The molecule has 4 unspecified atom stereocenters. The second-order valence-electron chi connectivity index (χ2n) is 6.93. The van der Waals surface area contributed by atoms with Gasteiger partial charge in [0.05, 0.1) is 39.3 Å². The van der Waals surface area contributed by atoms with E-state index in [4.69, 9.17) is 16.3 Å².